The summed E-state index contributed by atoms with van der Waals surface area (Å²) in [5.74, 6) is 0.567. The molecule has 0 saturated carbocycles. The van der Waals surface area contributed by atoms with E-state index in [1.54, 1.807) is 6.26 Å². The second-order valence-corrected chi connectivity index (χ2v) is 2.22. The lowest BCUT2D eigenvalue weighted by Gasteiger charge is -2.02. The van der Waals surface area contributed by atoms with Gasteiger partial charge in [0.05, 0.1) is 5.70 Å². The highest BCUT2D eigenvalue weighted by molar-refractivity contribution is 5.00. The molecule has 0 unspecified atom stereocenters. The van der Waals surface area contributed by atoms with Gasteiger partial charge in [0.25, 0.3) is 0 Å². The van der Waals surface area contributed by atoms with E-state index in [1.807, 2.05) is 0 Å². The van der Waals surface area contributed by atoms with Crippen LogP contribution in [0.2, 0.25) is 0 Å². The summed E-state index contributed by atoms with van der Waals surface area (Å²) in [6, 6.07) is 0. The molecule has 8 heavy (non-hydrogen) atoms. The van der Waals surface area contributed by atoms with Crippen molar-refractivity contribution < 1.29 is 4.74 Å². The molecule has 1 N–H and O–H groups in total. The van der Waals surface area contributed by atoms with Crippen LogP contribution >= 0.6 is 0 Å². The molecule has 0 radical (unpaired) electrons. The monoisotopic (exact) mass is 113 g/mol. The predicted octanol–water partition coefficient (Wildman–Crippen LogP) is 1.06. The van der Waals surface area contributed by atoms with Crippen molar-refractivity contribution in [2.24, 2.45) is 5.92 Å². The molecule has 0 aromatic rings. The Morgan fingerprint density at radius 1 is 1.75 bits per heavy atom. The Bertz CT molecular complexity index is 107. The summed E-state index contributed by atoms with van der Waals surface area (Å²) in [6.45, 7) is 4.91. The molecule has 1 heterocycles. The summed E-state index contributed by atoms with van der Waals surface area (Å²) in [5.41, 5.74) is 1.20. The van der Waals surface area contributed by atoms with Crippen LogP contribution in [0.3, 0.4) is 0 Å². The number of ether oxygens (including phenoxy) is 1. The first-order chi connectivity index (χ1) is 3.80. The van der Waals surface area contributed by atoms with Gasteiger partial charge in [0.2, 0.25) is 0 Å². The van der Waals surface area contributed by atoms with E-state index in [-0.39, 0.29) is 0 Å². The molecule has 0 saturated heterocycles. The molecular weight excluding hydrogens is 102 g/mol. The van der Waals surface area contributed by atoms with Gasteiger partial charge in [0.15, 0.2) is 6.73 Å². The van der Waals surface area contributed by atoms with Crippen LogP contribution < -0.4 is 5.32 Å². The molecule has 1 aliphatic rings. The van der Waals surface area contributed by atoms with E-state index in [0.717, 1.165) is 0 Å². The normalized spacial score (nSPS) is 17.6. The van der Waals surface area contributed by atoms with E-state index < -0.39 is 0 Å². The van der Waals surface area contributed by atoms with Gasteiger partial charge >= 0.3 is 0 Å². The molecule has 46 valence electrons. The Morgan fingerprint density at radius 3 is 2.75 bits per heavy atom. The van der Waals surface area contributed by atoms with Crippen molar-refractivity contribution in [1.29, 1.82) is 0 Å². The summed E-state index contributed by atoms with van der Waals surface area (Å²) in [4.78, 5) is 0. The third kappa shape index (κ3) is 0.941. The van der Waals surface area contributed by atoms with Gasteiger partial charge in [-0.05, 0) is 5.92 Å². The van der Waals surface area contributed by atoms with E-state index in [9.17, 15) is 0 Å². The lowest BCUT2D eigenvalue weighted by molar-refractivity contribution is 0.266. The maximum Gasteiger partial charge on any atom is 0.158 e. The van der Waals surface area contributed by atoms with Crippen molar-refractivity contribution in [1.82, 2.24) is 5.32 Å². The molecule has 0 spiro atoms. The lowest BCUT2D eigenvalue weighted by Crippen LogP contribution is -2.11. The Morgan fingerprint density at radius 2 is 2.50 bits per heavy atom. The van der Waals surface area contributed by atoms with Gasteiger partial charge in [-0.15, -0.1) is 0 Å². The minimum atomic E-state index is 0.567. The maximum absolute atomic E-state index is 4.95. The van der Waals surface area contributed by atoms with Crippen molar-refractivity contribution >= 4 is 0 Å². The number of allylic oxidation sites excluding steroid dienone is 1. The third-order valence-electron chi connectivity index (χ3n) is 1.19. The van der Waals surface area contributed by atoms with Gasteiger partial charge in [0.1, 0.15) is 6.26 Å². The van der Waals surface area contributed by atoms with Crippen LogP contribution in [0.5, 0.6) is 0 Å². The fourth-order valence-corrected chi connectivity index (χ4v) is 0.638. The topological polar surface area (TPSA) is 21.3 Å². The van der Waals surface area contributed by atoms with Crippen LogP contribution in [0, 0.1) is 5.92 Å². The van der Waals surface area contributed by atoms with Crippen LogP contribution in [0.15, 0.2) is 12.0 Å². The largest absolute Gasteiger partial charge is 0.479 e. The minimum absolute atomic E-state index is 0.567. The van der Waals surface area contributed by atoms with E-state index in [2.05, 4.69) is 19.2 Å². The van der Waals surface area contributed by atoms with E-state index in [4.69, 9.17) is 4.74 Å². The van der Waals surface area contributed by atoms with Crippen molar-refractivity contribution in [3.8, 4) is 0 Å². The second-order valence-electron chi connectivity index (χ2n) is 2.22. The molecule has 2 heteroatoms. The zero-order chi connectivity index (χ0) is 5.98. The first-order valence-corrected chi connectivity index (χ1v) is 2.86. The van der Waals surface area contributed by atoms with Crippen LogP contribution in [0.4, 0.5) is 0 Å². The summed E-state index contributed by atoms with van der Waals surface area (Å²) < 4.78 is 4.95. The fourth-order valence-electron chi connectivity index (χ4n) is 0.638. The van der Waals surface area contributed by atoms with Crippen molar-refractivity contribution in [2.75, 3.05) is 6.73 Å². The Labute approximate surface area is 49.5 Å². The van der Waals surface area contributed by atoms with Gasteiger partial charge in [-0.2, -0.15) is 0 Å². The van der Waals surface area contributed by atoms with Crippen molar-refractivity contribution in [3.05, 3.63) is 12.0 Å². The SMILES string of the molecule is CC(C)C1=COCN1. The number of hydrogen-bond donors (Lipinski definition) is 1. The standard InChI is InChI=1S/C6H11NO/c1-5(2)6-3-8-4-7-6/h3,5,7H,4H2,1-2H3. The highest BCUT2D eigenvalue weighted by atomic mass is 16.5. The molecule has 0 amide bonds. The summed E-state index contributed by atoms with van der Waals surface area (Å²) in [7, 11) is 0. The molecule has 1 rings (SSSR count). The summed E-state index contributed by atoms with van der Waals surface area (Å²) in [5, 5.41) is 3.09. The molecule has 0 aromatic heterocycles. The number of hydrogen-bond acceptors (Lipinski definition) is 2. The maximum atomic E-state index is 4.95. The van der Waals surface area contributed by atoms with Crippen molar-refractivity contribution in [3.63, 3.8) is 0 Å². The van der Waals surface area contributed by atoms with Gasteiger partial charge in [-0.1, -0.05) is 13.8 Å². The first-order valence-electron chi connectivity index (χ1n) is 2.86. The molecular formula is C6H11NO. The number of nitrogens with one attached hydrogen (secondary N) is 1. The third-order valence-corrected chi connectivity index (χ3v) is 1.19. The quantitative estimate of drug-likeness (QED) is 0.549. The summed E-state index contributed by atoms with van der Waals surface area (Å²) >= 11 is 0. The number of rotatable bonds is 1. The van der Waals surface area contributed by atoms with Gasteiger partial charge in [-0.25, -0.2) is 0 Å². The fraction of sp³-hybridized carbons (Fsp3) is 0.667. The van der Waals surface area contributed by atoms with Crippen LogP contribution in [-0.2, 0) is 4.74 Å². The average molecular weight is 113 g/mol. The smallest absolute Gasteiger partial charge is 0.158 e. The average Bonchev–Trinajstić information content (AvgIpc) is 2.12. The summed E-state index contributed by atoms with van der Waals surface area (Å²) in [6.07, 6.45) is 1.78. The zero-order valence-electron chi connectivity index (χ0n) is 5.27. The zero-order valence-corrected chi connectivity index (χ0v) is 5.27. The van der Waals surface area contributed by atoms with Gasteiger partial charge in [0, 0.05) is 0 Å². The van der Waals surface area contributed by atoms with E-state index in [0.29, 0.717) is 12.6 Å². The van der Waals surface area contributed by atoms with E-state index >= 15 is 0 Å². The van der Waals surface area contributed by atoms with Gasteiger partial charge < -0.3 is 10.1 Å². The minimum Gasteiger partial charge on any atom is -0.479 e. The molecule has 0 bridgehead atoms. The molecule has 0 fully saturated rings. The lowest BCUT2D eigenvalue weighted by atomic mass is 10.2. The highest BCUT2D eigenvalue weighted by Gasteiger charge is 2.06. The molecule has 0 atom stereocenters. The molecule has 2 nitrogen and oxygen atoms in total. The molecule has 0 aromatic carbocycles. The van der Waals surface area contributed by atoms with Gasteiger partial charge in [-0.3, -0.25) is 0 Å². The van der Waals surface area contributed by atoms with Crippen LogP contribution in [-0.4, -0.2) is 6.73 Å². The van der Waals surface area contributed by atoms with Crippen LogP contribution in [0.25, 0.3) is 0 Å². The van der Waals surface area contributed by atoms with Crippen molar-refractivity contribution in [2.45, 2.75) is 13.8 Å². The Hall–Kier alpha value is -0.660. The highest BCUT2D eigenvalue weighted by Crippen LogP contribution is 2.08. The second kappa shape index (κ2) is 2.07. The predicted molar refractivity (Wildman–Crippen MR) is 32.0 cm³/mol. The molecule has 1 aliphatic heterocycles. The van der Waals surface area contributed by atoms with E-state index in [1.165, 1.54) is 5.70 Å². The van der Waals surface area contributed by atoms with Crippen LogP contribution in [0.1, 0.15) is 13.8 Å². The Balaban J connectivity index is 2.45. The first kappa shape index (κ1) is 5.48. The Kier molecular flexibility index (Phi) is 1.42. The molecule has 0 aliphatic carbocycles.